The van der Waals surface area contributed by atoms with Gasteiger partial charge in [-0.25, -0.2) is 0 Å². The van der Waals surface area contributed by atoms with Gasteiger partial charge in [0.25, 0.3) is 0 Å². The lowest BCUT2D eigenvalue weighted by molar-refractivity contribution is 0.0609. The number of anilines is 1. The smallest absolute Gasteiger partial charge is 0.0703 e. The fraction of sp³-hybridized carbons (Fsp3) is 0.625. The van der Waals surface area contributed by atoms with Crippen molar-refractivity contribution in [1.82, 2.24) is 4.90 Å². The molecule has 2 atom stereocenters. The molecule has 4 heteroatoms. The fourth-order valence-corrected chi connectivity index (χ4v) is 3.36. The Bertz CT molecular complexity index is 469. The number of rotatable bonds is 4. The molecule has 110 valence electrons. The van der Waals surface area contributed by atoms with Crippen LogP contribution in [0.2, 0.25) is 0 Å². The van der Waals surface area contributed by atoms with Crippen LogP contribution >= 0.6 is 0 Å². The molecule has 1 saturated heterocycles. The topological polar surface area (TPSA) is 41.7 Å². The summed E-state index contributed by atoms with van der Waals surface area (Å²) in [5, 5.41) is 0. The van der Waals surface area contributed by atoms with Gasteiger partial charge in [-0.1, -0.05) is 6.07 Å². The van der Waals surface area contributed by atoms with Crippen molar-refractivity contribution in [2.45, 2.75) is 31.5 Å². The van der Waals surface area contributed by atoms with E-state index in [1.165, 1.54) is 29.7 Å². The monoisotopic (exact) mass is 275 g/mol. The van der Waals surface area contributed by atoms with Gasteiger partial charge in [0.1, 0.15) is 0 Å². The Kier molecular flexibility index (Phi) is 3.96. The molecule has 3 rings (SSSR count). The van der Waals surface area contributed by atoms with E-state index in [-0.39, 0.29) is 0 Å². The highest BCUT2D eigenvalue weighted by Gasteiger charge is 2.32. The van der Waals surface area contributed by atoms with E-state index in [0.717, 1.165) is 19.7 Å². The predicted octanol–water partition coefficient (Wildman–Crippen LogP) is 1.75. The number of nitrogens with two attached hydrogens (primary N) is 1. The molecule has 2 aliphatic heterocycles. The molecule has 0 bridgehead atoms. The zero-order valence-corrected chi connectivity index (χ0v) is 12.5. The van der Waals surface area contributed by atoms with Gasteiger partial charge in [-0.05, 0) is 36.1 Å². The van der Waals surface area contributed by atoms with Gasteiger partial charge in [-0.2, -0.15) is 0 Å². The summed E-state index contributed by atoms with van der Waals surface area (Å²) >= 11 is 0. The first-order valence-electron chi connectivity index (χ1n) is 7.55. The van der Waals surface area contributed by atoms with Gasteiger partial charge in [0.05, 0.1) is 6.10 Å². The van der Waals surface area contributed by atoms with Gasteiger partial charge in [0, 0.05) is 52.1 Å². The molecule has 2 aliphatic rings. The highest BCUT2D eigenvalue weighted by molar-refractivity contribution is 5.52. The second kappa shape index (κ2) is 5.72. The van der Waals surface area contributed by atoms with E-state index in [4.69, 9.17) is 10.5 Å². The molecule has 0 radical (unpaired) electrons. The van der Waals surface area contributed by atoms with Crippen LogP contribution in [0.3, 0.4) is 0 Å². The molecule has 20 heavy (non-hydrogen) atoms. The summed E-state index contributed by atoms with van der Waals surface area (Å²) in [6.07, 6.45) is 2.78. The van der Waals surface area contributed by atoms with Crippen LogP contribution in [0.5, 0.6) is 0 Å². The Balaban J connectivity index is 1.79. The zero-order chi connectivity index (χ0) is 14.1. The van der Waals surface area contributed by atoms with Crippen molar-refractivity contribution >= 4 is 5.69 Å². The third-order valence-electron chi connectivity index (χ3n) is 4.50. The molecule has 0 aromatic heterocycles. The number of nitrogens with zero attached hydrogens (tertiary/aromatic N) is 2. The molecular formula is C16H25N3O. The minimum atomic E-state index is 0.342. The SMILES string of the molecule is CN(C)c1ccc2c(c1)C(CN)N(CC1CCCO1)C2. The summed E-state index contributed by atoms with van der Waals surface area (Å²) in [5.74, 6) is 0. The maximum Gasteiger partial charge on any atom is 0.0703 e. The third kappa shape index (κ3) is 2.55. The maximum atomic E-state index is 6.04. The molecular weight excluding hydrogens is 250 g/mol. The lowest BCUT2D eigenvalue weighted by atomic mass is 10.0. The Morgan fingerprint density at radius 2 is 2.25 bits per heavy atom. The van der Waals surface area contributed by atoms with Crippen LogP contribution in [0.15, 0.2) is 18.2 Å². The van der Waals surface area contributed by atoms with E-state index in [2.05, 4.69) is 42.1 Å². The van der Waals surface area contributed by atoms with Crippen LogP contribution in [0, 0.1) is 0 Å². The molecule has 0 amide bonds. The average molecular weight is 275 g/mol. The molecule has 2 unspecified atom stereocenters. The van der Waals surface area contributed by atoms with Gasteiger partial charge in [0.15, 0.2) is 0 Å². The van der Waals surface area contributed by atoms with E-state index in [0.29, 0.717) is 18.7 Å². The predicted molar refractivity (Wildman–Crippen MR) is 81.9 cm³/mol. The van der Waals surface area contributed by atoms with Gasteiger partial charge in [-0.15, -0.1) is 0 Å². The standard InChI is InChI=1S/C16H25N3O/c1-18(2)13-6-5-12-10-19(11-14-4-3-7-20-14)16(9-17)15(12)8-13/h5-6,8,14,16H,3-4,7,9-11,17H2,1-2H3. The Morgan fingerprint density at radius 1 is 1.40 bits per heavy atom. The Labute approximate surface area is 121 Å². The van der Waals surface area contributed by atoms with Crippen LogP contribution in [0.4, 0.5) is 5.69 Å². The van der Waals surface area contributed by atoms with Crippen LogP contribution in [0.1, 0.15) is 30.0 Å². The van der Waals surface area contributed by atoms with Crippen molar-refractivity contribution < 1.29 is 4.74 Å². The highest BCUT2D eigenvalue weighted by atomic mass is 16.5. The summed E-state index contributed by atoms with van der Waals surface area (Å²) in [6, 6.07) is 7.08. The van der Waals surface area contributed by atoms with Gasteiger partial charge >= 0.3 is 0 Å². The van der Waals surface area contributed by atoms with E-state index >= 15 is 0 Å². The van der Waals surface area contributed by atoms with Crippen molar-refractivity contribution in [1.29, 1.82) is 0 Å². The molecule has 0 aliphatic carbocycles. The average Bonchev–Trinajstić information content (AvgIpc) is 3.04. The largest absolute Gasteiger partial charge is 0.378 e. The fourth-order valence-electron chi connectivity index (χ4n) is 3.36. The Morgan fingerprint density at radius 3 is 2.90 bits per heavy atom. The van der Waals surface area contributed by atoms with Crippen LogP contribution in [-0.4, -0.2) is 44.8 Å². The first-order chi connectivity index (χ1) is 9.69. The summed E-state index contributed by atoms with van der Waals surface area (Å²) in [5.41, 5.74) is 10.1. The van der Waals surface area contributed by atoms with E-state index in [1.807, 2.05) is 0 Å². The molecule has 0 spiro atoms. The molecule has 2 heterocycles. The van der Waals surface area contributed by atoms with E-state index < -0.39 is 0 Å². The van der Waals surface area contributed by atoms with Crippen LogP contribution in [0.25, 0.3) is 0 Å². The molecule has 1 aromatic carbocycles. The number of fused-ring (bicyclic) bond motifs is 1. The van der Waals surface area contributed by atoms with E-state index in [9.17, 15) is 0 Å². The summed E-state index contributed by atoms with van der Waals surface area (Å²) in [4.78, 5) is 4.64. The third-order valence-corrected chi connectivity index (χ3v) is 4.50. The molecule has 0 saturated carbocycles. The van der Waals surface area contributed by atoms with Crippen LogP contribution in [-0.2, 0) is 11.3 Å². The zero-order valence-electron chi connectivity index (χ0n) is 12.5. The minimum absolute atomic E-state index is 0.342. The number of hydrogen-bond acceptors (Lipinski definition) is 4. The Hall–Kier alpha value is -1.10. The van der Waals surface area contributed by atoms with Crippen molar-refractivity contribution in [3.8, 4) is 0 Å². The van der Waals surface area contributed by atoms with Crippen molar-refractivity contribution in [2.24, 2.45) is 5.73 Å². The first kappa shape index (κ1) is 13.9. The first-order valence-corrected chi connectivity index (χ1v) is 7.55. The van der Waals surface area contributed by atoms with Crippen molar-refractivity contribution in [3.05, 3.63) is 29.3 Å². The van der Waals surface area contributed by atoms with Crippen LogP contribution < -0.4 is 10.6 Å². The summed E-state index contributed by atoms with van der Waals surface area (Å²) in [6.45, 7) is 3.61. The minimum Gasteiger partial charge on any atom is -0.378 e. The lowest BCUT2D eigenvalue weighted by Gasteiger charge is -2.26. The highest BCUT2D eigenvalue weighted by Crippen LogP contribution is 2.36. The van der Waals surface area contributed by atoms with Gasteiger partial charge < -0.3 is 15.4 Å². The van der Waals surface area contributed by atoms with Crippen molar-refractivity contribution in [2.75, 3.05) is 38.7 Å². The number of benzene rings is 1. The molecule has 2 N–H and O–H groups in total. The van der Waals surface area contributed by atoms with Crippen molar-refractivity contribution in [3.63, 3.8) is 0 Å². The normalized spacial score (nSPS) is 25.9. The number of ether oxygens (including phenoxy) is 1. The summed E-state index contributed by atoms with van der Waals surface area (Å²) < 4.78 is 5.78. The van der Waals surface area contributed by atoms with Gasteiger partial charge in [0.2, 0.25) is 0 Å². The summed E-state index contributed by atoms with van der Waals surface area (Å²) in [7, 11) is 4.16. The quantitative estimate of drug-likeness (QED) is 0.909. The maximum absolute atomic E-state index is 6.04. The molecule has 4 nitrogen and oxygen atoms in total. The number of hydrogen-bond donors (Lipinski definition) is 1. The van der Waals surface area contributed by atoms with Gasteiger partial charge in [-0.3, -0.25) is 4.90 Å². The molecule has 1 aromatic rings. The second-order valence-corrected chi connectivity index (χ2v) is 6.09. The second-order valence-electron chi connectivity index (χ2n) is 6.09. The molecule has 1 fully saturated rings. The lowest BCUT2D eigenvalue weighted by Crippen LogP contribution is -2.34. The van der Waals surface area contributed by atoms with E-state index in [1.54, 1.807) is 0 Å².